The predicted molar refractivity (Wildman–Crippen MR) is 62.0 cm³/mol. The average Bonchev–Trinajstić information content (AvgIpc) is 2.75. The molecule has 1 heterocycles. The zero-order valence-corrected chi connectivity index (χ0v) is 9.57. The fourth-order valence-corrected chi connectivity index (χ4v) is 1.72. The Hall–Kier alpha value is -1.10. The van der Waals surface area contributed by atoms with Crippen LogP contribution in [0.15, 0.2) is 51.6 Å². The smallest absolute Gasteiger partial charge is 0.126 e. The van der Waals surface area contributed by atoms with Crippen LogP contribution in [0.1, 0.15) is 17.4 Å². The van der Waals surface area contributed by atoms with Gasteiger partial charge in [-0.25, -0.2) is 5.43 Å². The first-order valence-electron chi connectivity index (χ1n) is 4.56. The largest absolute Gasteiger partial charge is 0.467 e. The van der Waals surface area contributed by atoms with Crippen LogP contribution in [-0.4, -0.2) is 0 Å². The van der Waals surface area contributed by atoms with Crippen molar-refractivity contribution in [3.05, 3.63) is 58.5 Å². The first-order valence-corrected chi connectivity index (χ1v) is 5.35. The maximum absolute atomic E-state index is 5.51. The standard InChI is InChI=1S/C11H11BrN2O/c12-9-5-3-8(4-6-9)11(14-13)10-2-1-7-15-10/h1-7,11,14H,13H2. The Kier molecular flexibility index (Phi) is 3.20. The van der Waals surface area contributed by atoms with Gasteiger partial charge in [0.2, 0.25) is 0 Å². The molecule has 1 aromatic heterocycles. The zero-order chi connectivity index (χ0) is 10.7. The number of hydrazine groups is 1. The summed E-state index contributed by atoms with van der Waals surface area (Å²) in [6.07, 6.45) is 1.64. The molecule has 0 fully saturated rings. The summed E-state index contributed by atoms with van der Waals surface area (Å²) in [5, 5.41) is 0. The molecule has 1 unspecified atom stereocenters. The van der Waals surface area contributed by atoms with Gasteiger partial charge in [-0.1, -0.05) is 28.1 Å². The number of rotatable bonds is 3. The van der Waals surface area contributed by atoms with Crippen LogP contribution in [0, 0.1) is 0 Å². The van der Waals surface area contributed by atoms with Crippen LogP contribution in [-0.2, 0) is 0 Å². The highest BCUT2D eigenvalue weighted by molar-refractivity contribution is 9.10. The first-order chi connectivity index (χ1) is 7.31. The highest BCUT2D eigenvalue weighted by Gasteiger charge is 2.14. The Labute approximate surface area is 96.4 Å². The zero-order valence-electron chi connectivity index (χ0n) is 7.98. The normalized spacial score (nSPS) is 12.7. The average molecular weight is 267 g/mol. The van der Waals surface area contributed by atoms with E-state index in [1.807, 2.05) is 36.4 Å². The third-order valence-corrected chi connectivity index (χ3v) is 2.73. The van der Waals surface area contributed by atoms with E-state index in [-0.39, 0.29) is 6.04 Å². The molecule has 0 spiro atoms. The molecule has 0 amide bonds. The summed E-state index contributed by atoms with van der Waals surface area (Å²) in [5.74, 6) is 6.32. The number of benzene rings is 1. The van der Waals surface area contributed by atoms with E-state index in [1.165, 1.54) is 0 Å². The lowest BCUT2D eigenvalue weighted by atomic mass is 10.1. The van der Waals surface area contributed by atoms with Crippen molar-refractivity contribution in [3.8, 4) is 0 Å². The number of nitrogens with one attached hydrogen (secondary N) is 1. The van der Waals surface area contributed by atoms with Crippen molar-refractivity contribution in [2.24, 2.45) is 5.84 Å². The van der Waals surface area contributed by atoms with E-state index in [4.69, 9.17) is 10.3 Å². The topological polar surface area (TPSA) is 51.2 Å². The van der Waals surface area contributed by atoms with Crippen molar-refractivity contribution in [2.75, 3.05) is 0 Å². The second-order valence-electron chi connectivity index (χ2n) is 3.17. The van der Waals surface area contributed by atoms with E-state index < -0.39 is 0 Å². The lowest BCUT2D eigenvalue weighted by molar-refractivity contribution is 0.452. The maximum Gasteiger partial charge on any atom is 0.126 e. The molecule has 0 aliphatic heterocycles. The van der Waals surface area contributed by atoms with Crippen molar-refractivity contribution < 1.29 is 4.42 Å². The quantitative estimate of drug-likeness (QED) is 0.663. The van der Waals surface area contributed by atoms with Gasteiger partial charge in [-0.2, -0.15) is 0 Å². The van der Waals surface area contributed by atoms with Crippen molar-refractivity contribution in [1.82, 2.24) is 5.43 Å². The van der Waals surface area contributed by atoms with Gasteiger partial charge in [-0.15, -0.1) is 0 Å². The summed E-state index contributed by atoms with van der Waals surface area (Å²) >= 11 is 3.39. The van der Waals surface area contributed by atoms with Gasteiger partial charge >= 0.3 is 0 Å². The monoisotopic (exact) mass is 266 g/mol. The predicted octanol–water partition coefficient (Wildman–Crippen LogP) is 2.59. The van der Waals surface area contributed by atoms with E-state index in [1.54, 1.807) is 6.26 Å². The molecule has 2 aromatic rings. The summed E-state index contributed by atoms with van der Waals surface area (Å²) in [6, 6.07) is 11.6. The lowest BCUT2D eigenvalue weighted by Gasteiger charge is -2.13. The van der Waals surface area contributed by atoms with Crippen LogP contribution in [0.5, 0.6) is 0 Å². The number of hydrogen-bond donors (Lipinski definition) is 2. The van der Waals surface area contributed by atoms with Crippen LogP contribution >= 0.6 is 15.9 Å². The number of hydrogen-bond acceptors (Lipinski definition) is 3. The van der Waals surface area contributed by atoms with Gasteiger partial charge in [-0.3, -0.25) is 5.84 Å². The first kappa shape index (κ1) is 10.4. The van der Waals surface area contributed by atoms with Gasteiger partial charge in [-0.05, 0) is 29.8 Å². The molecule has 0 saturated heterocycles. The molecule has 3 N–H and O–H groups in total. The van der Waals surface area contributed by atoms with Crippen LogP contribution in [0.25, 0.3) is 0 Å². The molecule has 3 nitrogen and oxygen atoms in total. The minimum atomic E-state index is -0.104. The Morgan fingerprint density at radius 1 is 1.20 bits per heavy atom. The highest BCUT2D eigenvalue weighted by atomic mass is 79.9. The minimum absolute atomic E-state index is 0.104. The van der Waals surface area contributed by atoms with Crippen molar-refractivity contribution in [1.29, 1.82) is 0 Å². The summed E-state index contributed by atoms with van der Waals surface area (Å²) in [7, 11) is 0. The van der Waals surface area contributed by atoms with Gasteiger partial charge in [0, 0.05) is 4.47 Å². The molecule has 1 aromatic carbocycles. The van der Waals surface area contributed by atoms with Gasteiger partial charge < -0.3 is 4.42 Å². The van der Waals surface area contributed by atoms with E-state index in [2.05, 4.69) is 21.4 Å². The van der Waals surface area contributed by atoms with E-state index >= 15 is 0 Å². The van der Waals surface area contributed by atoms with Gasteiger partial charge in [0.15, 0.2) is 0 Å². The second-order valence-corrected chi connectivity index (χ2v) is 4.08. The third kappa shape index (κ3) is 2.28. The molecule has 2 rings (SSSR count). The Balaban J connectivity index is 2.31. The Bertz CT molecular complexity index is 411. The molecule has 0 aliphatic carbocycles. The molecular formula is C11H11BrN2O. The molecule has 15 heavy (non-hydrogen) atoms. The number of halogens is 1. The summed E-state index contributed by atoms with van der Waals surface area (Å²) in [6.45, 7) is 0. The summed E-state index contributed by atoms with van der Waals surface area (Å²) < 4.78 is 6.36. The fourth-order valence-electron chi connectivity index (χ4n) is 1.45. The van der Waals surface area contributed by atoms with Gasteiger partial charge in [0.1, 0.15) is 11.8 Å². The molecule has 0 radical (unpaired) electrons. The Morgan fingerprint density at radius 3 is 2.47 bits per heavy atom. The SMILES string of the molecule is NNC(c1ccc(Br)cc1)c1ccco1. The molecule has 78 valence electrons. The summed E-state index contributed by atoms with van der Waals surface area (Å²) in [4.78, 5) is 0. The number of furan rings is 1. The molecule has 1 atom stereocenters. The fraction of sp³-hybridized carbons (Fsp3) is 0.0909. The van der Waals surface area contributed by atoms with E-state index in [0.29, 0.717) is 0 Å². The number of nitrogens with two attached hydrogens (primary N) is 1. The molecule has 4 heteroatoms. The molecule has 0 saturated carbocycles. The molecule has 0 aliphatic rings. The molecule has 0 bridgehead atoms. The van der Waals surface area contributed by atoms with E-state index in [9.17, 15) is 0 Å². The van der Waals surface area contributed by atoms with Crippen LogP contribution in [0.3, 0.4) is 0 Å². The minimum Gasteiger partial charge on any atom is -0.467 e. The van der Waals surface area contributed by atoms with Crippen LogP contribution in [0.2, 0.25) is 0 Å². The van der Waals surface area contributed by atoms with Gasteiger partial charge in [0.05, 0.1) is 6.26 Å². The van der Waals surface area contributed by atoms with Crippen LogP contribution in [0.4, 0.5) is 0 Å². The maximum atomic E-state index is 5.51. The second kappa shape index (κ2) is 4.61. The van der Waals surface area contributed by atoms with Crippen molar-refractivity contribution in [3.63, 3.8) is 0 Å². The van der Waals surface area contributed by atoms with Crippen molar-refractivity contribution >= 4 is 15.9 Å². The van der Waals surface area contributed by atoms with Crippen LogP contribution < -0.4 is 11.3 Å². The van der Waals surface area contributed by atoms with Gasteiger partial charge in [0.25, 0.3) is 0 Å². The van der Waals surface area contributed by atoms with E-state index in [0.717, 1.165) is 15.8 Å². The third-order valence-electron chi connectivity index (χ3n) is 2.20. The lowest BCUT2D eigenvalue weighted by Crippen LogP contribution is -2.28. The highest BCUT2D eigenvalue weighted by Crippen LogP contribution is 2.22. The van der Waals surface area contributed by atoms with Crippen molar-refractivity contribution in [2.45, 2.75) is 6.04 Å². The summed E-state index contributed by atoms with van der Waals surface area (Å²) in [5.41, 5.74) is 3.80. The Morgan fingerprint density at radius 2 is 1.93 bits per heavy atom. The molecular weight excluding hydrogens is 256 g/mol.